The molecule has 1 atom stereocenters. The Kier molecular flexibility index (Phi) is 4.62. The normalized spacial score (nSPS) is 18.0. The Bertz CT molecular complexity index is 581. The van der Waals surface area contributed by atoms with E-state index in [9.17, 15) is 9.59 Å². The molecule has 0 fully saturated rings. The van der Waals surface area contributed by atoms with E-state index in [1.807, 2.05) is 24.3 Å². The molecule has 0 saturated heterocycles. The molecular weight excluding hydrogens is 324 g/mol. The minimum atomic E-state index is -0.502. The van der Waals surface area contributed by atoms with Crippen molar-refractivity contribution in [3.63, 3.8) is 0 Å². The van der Waals surface area contributed by atoms with E-state index in [0.29, 0.717) is 5.71 Å². The van der Waals surface area contributed by atoms with Crippen molar-refractivity contribution in [2.24, 2.45) is 16.1 Å². The Hall–Kier alpha value is -2.02. The molecule has 6 nitrogen and oxygen atoms in total. The molecule has 0 bridgehead atoms. The van der Waals surface area contributed by atoms with E-state index >= 15 is 0 Å². The number of nitrogens with zero attached hydrogens (tertiary/aromatic N) is 2. The van der Waals surface area contributed by atoms with E-state index < -0.39 is 5.92 Å². The Balaban J connectivity index is 1.85. The topological polar surface area (TPSA) is 82.9 Å². The summed E-state index contributed by atoms with van der Waals surface area (Å²) in [6.45, 7) is 1.71. The lowest BCUT2D eigenvalue weighted by molar-refractivity contribution is -0.127. The van der Waals surface area contributed by atoms with Crippen LogP contribution >= 0.6 is 15.9 Å². The van der Waals surface area contributed by atoms with Gasteiger partial charge in [-0.3, -0.25) is 9.59 Å². The number of halogens is 1. The van der Waals surface area contributed by atoms with Crippen LogP contribution < -0.4 is 10.9 Å². The summed E-state index contributed by atoms with van der Waals surface area (Å²) < 4.78 is 0.973. The fraction of sp³-hybridized carbons (Fsp3) is 0.231. The summed E-state index contributed by atoms with van der Waals surface area (Å²) in [5.41, 5.74) is 6.21. The zero-order valence-electron chi connectivity index (χ0n) is 10.8. The largest absolute Gasteiger partial charge is 0.273 e. The molecule has 20 heavy (non-hydrogen) atoms. The summed E-state index contributed by atoms with van der Waals surface area (Å²) in [5.74, 6) is -1.08. The van der Waals surface area contributed by atoms with Crippen molar-refractivity contribution in [3.8, 4) is 0 Å². The van der Waals surface area contributed by atoms with Gasteiger partial charge in [0, 0.05) is 16.6 Å². The number of carbonyl (C=O) groups excluding carboxylic acids is 2. The number of hydrogen-bond donors (Lipinski definition) is 2. The maximum absolute atomic E-state index is 11.7. The molecule has 104 valence electrons. The van der Waals surface area contributed by atoms with Gasteiger partial charge in [-0.2, -0.15) is 10.2 Å². The SMILES string of the molecule is CC1=NNC(=O)C1CC(=O)N/N=C/c1ccc(Br)cc1. The lowest BCUT2D eigenvalue weighted by atomic mass is 10.0. The van der Waals surface area contributed by atoms with Crippen LogP contribution in [-0.2, 0) is 9.59 Å². The Morgan fingerprint density at radius 2 is 2.20 bits per heavy atom. The number of carbonyl (C=O) groups is 2. The first-order chi connectivity index (χ1) is 9.56. The Morgan fingerprint density at radius 3 is 2.80 bits per heavy atom. The molecule has 1 aliphatic rings. The van der Waals surface area contributed by atoms with Crippen molar-refractivity contribution in [2.45, 2.75) is 13.3 Å². The van der Waals surface area contributed by atoms with Gasteiger partial charge in [0.15, 0.2) is 0 Å². The number of rotatable bonds is 4. The molecule has 0 aliphatic carbocycles. The standard InChI is InChI=1S/C13H13BrN4O2/c1-8-11(13(20)18-16-8)6-12(19)17-15-7-9-2-4-10(14)5-3-9/h2-5,7,11H,6H2,1H3,(H,17,19)(H,18,20)/b15-7+. The monoisotopic (exact) mass is 336 g/mol. The van der Waals surface area contributed by atoms with Gasteiger partial charge in [-0.25, -0.2) is 10.9 Å². The third-order valence-corrected chi connectivity index (χ3v) is 3.35. The highest BCUT2D eigenvalue weighted by molar-refractivity contribution is 9.10. The van der Waals surface area contributed by atoms with Gasteiger partial charge in [0.1, 0.15) is 0 Å². The van der Waals surface area contributed by atoms with Crippen molar-refractivity contribution in [3.05, 3.63) is 34.3 Å². The van der Waals surface area contributed by atoms with Crippen LogP contribution in [0.3, 0.4) is 0 Å². The van der Waals surface area contributed by atoms with Gasteiger partial charge >= 0.3 is 0 Å². The van der Waals surface area contributed by atoms with Crippen LogP contribution in [0, 0.1) is 5.92 Å². The van der Waals surface area contributed by atoms with Crippen molar-refractivity contribution in [1.82, 2.24) is 10.9 Å². The van der Waals surface area contributed by atoms with Crippen LogP contribution in [0.1, 0.15) is 18.9 Å². The van der Waals surface area contributed by atoms with Gasteiger partial charge in [0.25, 0.3) is 0 Å². The van der Waals surface area contributed by atoms with Gasteiger partial charge < -0.3 is 0 Å². The molecule has 7 heteroatoms. The fourth-order valence-corrected chi connectivity index (χ4v) is 1.95. The molecular formula is C13H13BrN4O2. The third kappa shape index (κ3) is 3.74. The van der Waals surface area contributed by atoms with Crippen molar-refractivity contribution >= 4 is 39.7 Å². The van der Waals surface area contributed by atoms with Crippen LogP contribution in [-0.4, -0.2) is 23.7 Å². The van der Waals surface area contributed by atoms with Crippen LogP contribution in [0.15, 0.2) is 38.9 Å². The molecule has 2 rings (SSSR count). The minimum Gasteiger partial charge on any atom is -0.273 e. The van der Waals surface area contributed by atoms with Crippen LogP contribution in [0.25, 0.3) is 0 Å². The molecule has 1 unspecified atom stereocenters. The summed E-state index contributed by atoms with van der Waals surface area (Å²) in [6.07, 6.45) is 1.58. The smallest absolute Gasteiger partial charge is 0.249 e. The first-order valence-corrected chi connectivity index (χ1v) is 6.77. The minimum absolute atomic E-state index is 0.0405. The third-order valence-electron chi connectivity index (χ3n) is 2.83. The molecule has 1 aromatic carbocycles. The average molecular weight is 337 g/mol. The second kappa shape index (κ2) is 6.42. The highest BCUT2D eigenvalue weighted by atomic mass is 79.9. The molecule has 0 radical (unpaired) electrons. The van der Waals surface area contributed by atoms with Gasteiger partial charge in [-0.05, 0) is 24.6 Å². The van der Waals surface area contributed by atoms with Gasteiger partial charge in [-0.1, -0.05) is 28.1 Å². The number of nitrogens with one attached hydrogen (secondary N) is 2. The molecule has 1 aliphatic heterocycles. The van der Waals surface area contributed by atoms with E-state index in [1.54, 1.807) is 13.1 Å². The van der Waals surface area contributed by atoms with Crippen molar-refractivity contribution < 1.29 is 9.59 Å². The zero-order chi connectivity index (χ0) is 14.5. The van der Waals surface area contributed by atoms with E-state index in [1.165, 1.54) is 0 Å². The Labute approximate surface area is 124 Å². The maximum atomic E-state index is 11.7. The fourth-order valence-electron chi connectivity index (χ4n) is 1.69. The van der Waals surface area contributed by atoms with Crippen LogP contribution in [0.5, 0.6) is 0 Å². The summed E-state index contributed by atoms with van der Waals surface area (Å²) >= 11 is 3.33. The van der Waals surface area contributed by atoms with E-state index in [-0.39, 0.29) is 18.2 Å². The van der Waals surface area contributed by atoms with Crippen molar-refractivity contribution in [1.29, 1.82) is 0 Å². The molecule has 2 amide bonds. The molecule has 0 aromatic heterocycles. The molecule has 1 heterocycles. The number of hydrazone groups is 2. The van der Waals surface area contributed by atoms with Crippen LogP contribution in [0.2, 0.25) is 0 Å². The van der Waals surface area contributed by atoms with E-state index in [0.717, 1.165) is 10.0 Å². The van der Waals surface area contributed by atoms with Crippen molar-refractivity contribution in [2.75, 3.05) is 0 Å². The first kappa shape index (κ1) is 14.4. The lowest BCUT2D eigenvalue weighted by Crippen LogP contribution is -2.29. The van der Waals surface area contributed by atoms with Gasteiger partial charge in [-0.15, -0.1) is 0 Å². The van der Waals surface area contributed by atoms with Gasteiger partial charge in [0.05, 0.1) is 12.1 Å². The molecule has 1 aromatic rings. The highest BCUT2D eigenvalue weighted by Gasteiger charge is 2.28. The summed E-state index contributed by atoms with van der Waals surface area (Å²) in [5, 5.41) is 7.63. The summed E-state index contributed by atoms with van der Waals surface area (Å²) in [6, 6.07) is 7.49. The predicted octanol–water partition coefficient (Wildman–Crippen LogP) is 1.41. The summed E-state index contributed by atoms with van der Waals surface area (Å²) in [4.78, 5) is 23.1. The lowest BCUT2D eigenvalue weighted by Gasteiger charge is -2.05. The molecule has 0 saturated carbocycles. The Morgan fingerprint density at radius 1 is 1.50 bits per heavy atom. The molecule has 0 spiro atoms. The molecule has 2 N–H and O–H groups in total. The average Bonchev–Trinajstić information content (AvgIpc) is 2.73. The quantitative estimate of drug-likeness (QED) is 0.643. The van der Waals surface area contributed by atoms with Crippen LogP contribution in [0.4, 0.5) is 0 Å². The van der Waals surface area contributed by atoms with Gasteiger partial charge in [0.2, 0.25) is 11.8 Å². The van der Waals surface area contributed by atoms with E-state index in [4.69, 9.17) is 0 Å². The highest BCUT2D eigenvalue weighted by Crippen LogP contribution is 2.11. The number of benzene rings is 1. The number of amides is 2. The summed E-state index contributed by atoms with van der Waals surface area (Å²) in [7, 11) is 0. The van der Waals surface area contributed by atoms with E-state index in [2.05, 4.69) is 37.0 Å². The zero-order valence-corrected chi connectivity index (χ0v) is 12.3. The second-order valence-corrected chi connectivity index (χ2v) is 5.25. The maximum Gasteiger partial charge on any atom is 0.249 e. The number of hydrogen-bond acceptors (Lipinski definition) is 4. The first-order valence-electron chi connectivity index (χ1n) is 5.98. The second-order valence-electron chi connectivity index (χ2n) is 4.33. The predicted molar refractivity (Wildman–Crippen MR) is 79.2 cm³/mol.